The first kappa shape index (κ1) is 19.3. The molecule has 1 aliphatic rings. The Morgan fingerprint density at radius 1 is 1.09 bits per heavy atom. The summed E-state index contributed by atoms with van der Waals surface area (Å²) in [5.74, 6) is -0.710. The molecule has 23 heavy (non-hydrogen) atoms. The van der Waals surface area contributed by atoms with Gasteiger partial charge in [0.2, 0.25) is 0 Å². The molecule has 0 aromatic heterocycles. The predicted molar refractivity (Wildman–Crippen MR) is 89.6 cm³/mol. The van der Waals surface area contributed by atoms with Crippen molar-refractivity contribution in [1.29, 1.82) is 0 Å². The monoisotopic (exact) mass is 316 g/mol. The summed E-state index contributed by atoms with van der Waals surface area (Å²) in [7, 11) is 0. The third kappa shape index (κ3) is 4.60. The van der Waals surface area contributed by atoms with Gasteiger partial charge in [-0.3, -0.25) is 9.59 Å². The van der Waals surface area contributed by atoms with Crippen LogP contribution < -0.4 is 0 Å². The van der Waals surface area contributed by atoms with Crippen molar-refractivity contribution >= 4 is 11.6 Å². The molecule has 0 aliphatic heterocycles. The largest absolute Gasteiger partial charge is 0.392 e. The summed E-state index contributed by atoms with van der Waals surface area (Å²) in [4.78, 5) is 24.8. The molecule has 0 amide bonds. The minimum Gasteiger partial charge on any atom is -0.392 e. The number of carbonyl (C=O) groups is 2. The normalized spacial score (nSPS) is 17.5. The van der Waals surface area contributed by atoms with E-state index >= 15 is 0 Å². The Morgan fingerprint density at radius 3 is 2.13 bits per heavy atom. The molecular formula is C19H24O4. The van der Waals surface area contributed by atoms with Crippen molar-refractivity contribution in [3.8, 4) is 0 Å². The molecule has 0 aromatic carbocycles. The van der Waals surface area contributed by atoms with Crippen LogP contribution in [0.25, 0.3) is 0 Å². The average Bonchev–Trinajstić information content (AvgIpc) is 2.52. The van der Waals surface area contributed by atoms with Crippen LogP contribution in [0.15, 0.2) is 45.6 Å². The zero-order valence-electron chi connectivity index (χ0n) is 14.0. The fraction of sp³-hybridized carbons (Fsp3) is 0.421. The van der Waals surface area contributed by atoms with Crippen molar-refractivity contribution in [2.45, 2.75) is 40.0 Å². The molecule has 0 saturated heterocycles. The molecule has 1 rings (SSSR count). The molecule has 0 atom stereocenters. The highest BCUT2D eigenvalue weighted by Crippen LogP contribution is 2.29. The third-order valence-electron chi connectivity index (χ3n) is 4.04. The summed E-state index contributed by atoms with van der Waals surface area (Å²) in [6.45, 7) is 9.83. The quantitative estimate of drug-likeness (QED) is 0.559. The molecule has 0 bridgehead atoms. The van der Waals surface area contributed by atoms with Gasteiger partial charge in [-0.25, -0.2) is 0 Å². The summed E-state index contributed by atoms with van der Waals surface area (Å²) in [6.07, 6.45) is 5.73. The Balaban J connectivity index is 3.03. The van der Waals surface area contributed by atoms with Gasteiger partial charge in [-0.05, 0) is 47.0 Å². The Morgan fingerprint density at radius 2 is 1.65 bits per heavy atom. The van der Waals surface area contributed by atoms with E-state index in [1.807, 2.05) is 26.0 Å². The maximum absolute atomic E-state index is 12.5. The highest BCUT2D eigenvalue weighted by Gasteiger charge is 2.31. The van der Waals surface area contributed by atoms with Crippen LogP contribution in [0.4, 0.5) is 0 Å². The van der Waals surface area contributed by atoms with Gasteiger partial charge >= 0.3 is 0 Å². The number of hydrogen-bond acceptors (Lipinski definition) is 4. The smallest absolute Gasteiger partial charge is 0.188 e. The Hall–Kier alpha value is -1.78. The highest BCUT2D eigenvalue weighted by atomic mass is 16.3. The number of ketones is 2. The molecule has 2 radical (unpaired) electrons. The van der Waals surface area contributed by atoms with Gasteiger partial charge in [-0.2, -0.15) is 0 Å². The maximum Gasteiger partial charge on any atom is 0.188 e. The van der Waals surface area contributed by atoms with Crippen molar-refractivity contribution < 1.29 is 19.8 Å². The number of hydrogen-bond donors (Lipinski definition) is 2. The molecule has 4 heteroatoms. The van der Waals surface area contributed by atoms with Crippen molar-refractivity contribution in [1.82, 2.24) is 0 Å². The first-order valence-corrected chi connectivity index (χ1v) is 7.66. The molecule has 2 N–H and O–H groups in total. The van der Waals surface area contributed by atoms with Gasteiger partial charge in [0.15, 0.2) is 11.6 Å². The topological polar surface area (TPSA) is 74.6 Å². The number of carbonyl (C=O) groups excluding carboxylic acids is 2. The first-order valence-electron chi connectivity index (χ1n) is 7.66. The first-order chi connectivity index (χ1) is 10.9. The van der Waals surface area contributed by atoms with Crippen LogP contribution in [0.3, 0.4) is 0 Å². The lowest BCUT2D eigenvalue weighted by molar-refractivity contribution is -0.117. The fourth-order valence-corrected chi connectivity index (χ4v) is 2.58. The lowest BCUT2D eigenvalue weighted by Crippen LogP contribution is -2.26. The molecule has 0 aromatic rings. The van der Waals surface area contributed by atoms with E-state index in [1.54, 1.807) is 6.92 Å². The zero-order chi connectivity index (χ0) is 17.6. The van der Waals surface area contributed by atoms with Gasteiger partial charge in [0.1, 0.15) is 0 Å². The zero-order valence-corrected chi connectivity index (χ0v) is 14.0. The van der Waals surface area contributed by atoms with Crippen molar-refractivity contribution in [2.24, 2.45) is 0 Å². The number of allylic oxidation sites excluding steroid dienone is 6. The van der Waals surface area contributed by atoms with E-state index in [4.69, 9.17) is 6.92 Å². The minimum atomic E-state index is -0.544. The lowest BCUT2D eigenvalue weighted by Gasteiger charge is -2.21. The Kier molecular flexibility index (Phi) is 7.33. The van der Waals surface area contributed by atoms with Crippen LogP contribution in [0.5, 0.6) is 0 Å². The molecule has 0 spiro atoms. The summed E-state index contributed by atoms with van der Waals surface area (Å²) >= 11 is 0. The van der Waals surface area contributed by atoms with E-state index in [0.29, 0.717) is 17.6 Å². The van der Waals surface area contributed by atoms with Gasteiger partial charge in [0.05, 0.1) is 13.2 Å². The second-order valence-electron chi connectivity index (χ2n) is 5.65. The third-order valence-corrected chi connectivity index (χ3v) is 4.04. The molecule has 0 heterocycles. The molecule has 0 saturated carbocycles. The molecule has 1 aliphatic carbocycles. The van der Waals surface area contributed by atoms with E-state index in [2.05, 4.69) is 0 Å². The van der Waals surface area contributed by atoms with Crippen molar-refractivity contribution in [3.05, 3.63) is 52.5 Å². The number of Topliss-reactive ketones (excluding diaryl/α,β-unsaturated/α-hetero) is 2. The van der Waals surface area contributed by atoms with Crippen LogP contribution in [0, 0.1) is 6.92 Å². The standard InChI is InChI=1S/C19H24O4/c1-5-14(8-6-7-12(2)3)9-15-13(4)18(22)16(10-20)17(11-21)19(15)23/h2,5,7,20-21H,6,8-11H2,1,3-4H3/b12-7-,14-5-. The van der Waals surface area contributed by atoms with Crippen LogP contribution in [0.2, 0.25) is 0 Å². The molecule has 0 unspecified atom stereocenters. The second kappa shape index (κ2) is 8.75. The van der Waals surface area contributed by atoms with E-state index in [0.717, 1.165) is 24.0 Å². The van der Waals surface area contributed by atoms with Gasteiger partial charge in [0.25, 0.3) is 0 Å². The average molecular weight is 316 g/mol. The number of aliphatic hydroxyl groups excluding tert-OH is 2. The molecule has 124 valence electrons. The highest BCUT2D eigenvalue weighted by molar-refractivity contribution is 6.25. The van der Waals surface area contributed by atoms with E-state index in [-0.39, 0.29) is 22.7 Å². The summed E-state index contributed by atoms with van der Waals surface area (Å²) < 4.78 is 0. The summed E-state index contributed by atoms with van der Waals surface area (Å²) in [5, 5.41) is 18.7. The summed E-state index contributed by atoms with van der Waals surface area (Å²) in [6, 6.07) is 0. The molecule has 4 nitrogen and oxygen atoms in total. The summed E-state index contributed by atoms with van der Waals surface area (Å²) in [5.41, 5.74) is 2.54. The Bertz CT molecular complexity index is 611. The molecule has 0 fully saturated rings. The lowest BCUT2D eigenvalue weighted by atomic mass is 9.82. The van der Waals surface area contributed by atoms with Crippen LogP contribution in [-0.2, 0) is 9.59 Å². The van der Waals surface area contributed by atoms with E-state index in [1.165, 1.54) is 0 Å². The maximum atomic E-state index is 12.5. The van der Waals surface area contributed by atoms with Gasteiger partial charge in [-0.1, -0.05) is 23.3 Å². The van der Waals surface area contributed by atoms with Crippen LogP contribution in [0.1, 0.15) is 40.0 Å². The Labute approximate surface area is 137 Å². The SMILES string of the molecule is [CH]/C(C)=C/CC/C(=C/C)CC1=C(C)C(=O)C(CO)=C(CO)C1=O. The number of aliphatic hydroxyl groups is 2. The van der Waals surface area contributed by atoms with E-state index < -0.39 is 13.2 Å². The molecular weight excluding hydrogens is 292 g/mol. The fourth-order valence-electron chi connectivity index (χ4n) is 2.58. The van der Waals surface area contributed by atoms with Crippen LogP contribution >= 0.6 is 0 Å². The van der Waals surface area contributed by atoms with Gasteiger partial charge in [0, 0.05) is 22.3 Å². The van der Waals surface area contributed by atoms with Crippen LogP contribution in [-0.4, -0.2) is 35.0 Å². The second-order valence-corrected chi connectivity index (χ2v) is 5.65. The van der Waals surface area contributed by atoms with Gasteiger partial charge < -0.3 is 10.2 Å². The minimum absolute atomic E-state index is 0.00229. The van der Waals surface area contributed by atoms with Gasteiger partial charge in [-0.15, -0.1) is 0 Å². The number of rotatable bonds is 7. The van der Waals surface area contributed by atoms with Crippen molar-refractivity contribution in [2.75, 3.05) is 13.2 Å². The predicted octanol–water partition coefficient (Wildman–Crippen LogP) is 2.51. The van der Waals surface area contributed by atoms with E-state index in [9.17, 15) is 19.8 Å². The van der Waals surface area contributed by atoms with Crippen molar-refractivity contribution in [3.63, 3.8) is 0 Å².